The Balaban J connectivity index is 2.29. The zero-order chi connectivity index (χ0) is 11.6. The zero-order valence-corrected chi connectivity index (χ0v) is 7.72. The molecule has 0 unspecified atom stereocenters. The van der Waals surface area contributed by atoms with Crippen LogP contribution in [-0.2, 0) is 4.79 Å². The number of alkyl halides is 4. The molecule has 0 saturated heterocycles. The summed E-state index contributed by atoms with van der Waals surface area (Å²) in [4.78, 5) is 10.6. The second-order valence-electron chi connectivity index (χ2n) is 3.62. The molecule has 0 aromatic rings. The predicted octanol–water partition coefficient (Wildman–Crippen LogP) is 0.774. The molecule has 0 aliphatic heterocycles. The van der Waals surface area contributed by atoms with Gasteiger partial charge in [-0.2, -0.15) is 8.78 Å². The Labute approximate surface area is 83.5 Å². The maximum Gasteiger partial charge on any atom is 0.383 e. The van der Waals surface area contributed by atoms with Crippen molar-refractivity contribution in [2.45, 2.75) is 31.3 Å². The molecule has 1 rings (SSSR count). The molecule has 3 nitrogen and oxygen atoms in total. The number of aliphatic hydroxyl groups excluding tert-OH is 1. The van der Waals surface area contributed by atoms with Crippen LogP contribution in [0.15, 0.2) is 0 Å². The lowest BCUT2D eigenvalue weighted by Crippen LogP contribution is -2.48. The van der Waals surface area contributed by atoms with Crippen LogP contribution in [0.3, 0.4) is 0 Å². The third-order valence-electron chi connectivity index (χ3n) is 2.34. The van der Waals surface area contributed by atoms with Crippen molar-refractivity contribution in [1.29, 1.82) is 0 Å². The van der Waals surface area contributed by atoms with Crippen LogP contribution in [0.5, 0.6) is 0 Å². The van der Waals surface area contributed by atoms with Crippen molar-refractivity contribution in [3.8, 4) is 0 Å². The van der Waals surface area contributed by atoms with Gasteiger partial charge in [0.05, 0.1) is 6.10 Å². The predicted molar refractivity (Wildman–Crippen MR) is 42.7 cm³/mol. The van der Waals surface area contributed by atoms with Crippen LogP contribution in [0.2, 0.25) is 0 Å². The summed E-state index contributed by atoms with van der Waals surface area (Å²) < 4.78 is 48.1. The minimum Gasteiger partial charge on any atom is -0.393 e. The number of aliphatic hydroxyl groups is 1. The summed E-state index contributed by atoms with van der Waals surface area (Å²) in [5.41, 5.74) is 0. The molecule has 15 heavy (non-hydrogen) atoms. The molecule has 0 aromatic carbocycles. The second kappa shape index (κ2) is 4.34. The van der Waals surface area contributed by atoms with E-state index in [1.165, 1.54) is 0 Å². The first kappa shape index (κ1) is 12.2. The number of hydrogen-bond donors (Lipinski definition) is 2. The molecule has 0 radical (unpaired) electrons. The maximum atomic E-state index is 12.4. The highest BCUT2D eigenvalue weighted by molar-refractivity contribution is 5.83. The van der Waals surface area contributed by atoms with Crippen molar-refractivity contribution < 1.29 is 27.5 Å². The first-order valence-electron chi connectivity index (χ1n) is 4.46. The molecule has 0 heterocycles. The Morgan fingerprint density at radius 3 is 2.40 bits per heavy atom. The summed E-state index contributed by atoms with van der Waals surface area (Å²) in [7, 11) is 0. The Morgan fingerprint density at radius 2 is 2.00 bits per heavy atom. The summed E-state index contributed by atoms with van der Waals surface area (Å²) in [6.07, 6.45) is -3.66. The van der Waals surface area contributed by atoms with Crippen LogP contribution in [0.25, 0.3) is 0 Å². The molecule has 0 spiro atoms. The van der Waals surface area contributed by atoms with Gasteiger partial charge in [0.15, 0.2) is 0 Å². The van der Waals surface area contributed by atoms with Crippen LogP contribution in [0, 0.1) is 5.92 Å². The molecule has 0 atom stereocenters. The van der Waals surface area contributed by atoms with Gasteiger partial charge in [-0.1, -0.05) is 0 Å². The summed E-state index contributed by atoms with van der Waals surface area (Å²) in [5.74, 6) is -6.70. The Kier molecular flexibility index (Phi) is 3.54. The third-order valence-corrected chi connectivity index (χ3v) is 2.34. The monoisotopic (exact) mass is 229 g/mol. The van der Waals surface area contributed by atoms with Crippen LogP contribution in [-0.4, -0.2) is 36.0 Å². The van der Waals surface area contributed by atoms with E-state index in [4.69, 9.17) is 5.11 Å². The minimum atomic E-state index is -4.64. The van der Waals surface area contributed by atoms with Crippen molar-refractivity contribution in [2.24, 2.45) is 5.92 Å². The van der Waals surface area contributed by atoms with E-state index < -0.39 is 24.4 Å². The summed E-state index contributed by atoms with van der Waals surface area (Å²) in [6, 6.07) is 0. The fraction of sp³-hybridized carbons (Fsp3) is 0.875. The Bertz CT molecular complexity index is 241. The van der Waals surface area contributed by atoms with Gasteiger partial charge in [-0.25, -0.2) is 8.78 Å². The largest absolute Gasteiger partial charge is 0.393 e. The SMILES string of the molecule is O=C(NCC1CC(O)C1)C(F)(F)C(F)F. The molecule has 88 valence electrons. The lowest BCUT2D eigenvalue weighted by atomic mass is 9.82. The number of halogens is 4. The van der Waals surface area contributed by atoms with E-state index in [9.17, 15) is 22.4 Å². The highest BCUT2D eigenvalue weighted by atomic mass is 19.3. The van der Waals surface area contributed by atoms with Crippen LogP contribution in [0.1, 0.15) is 12.8 Å². The third kappa shape index (κ3) is 2.80. The van der Waals surface area contributed by atoms with Crippen molar-refractivity contribution >= 4 is 5.91 Å². The van der Waals surface area contributed by atoms with E-state index >= 15 is 0 Å². The van der Waals surface area contributed by atoms with E-state index in [1.54, 1.807) is 5.32 Å². The Morgan fingerprint density at radius 1 is 1.47 bits per heavy atom. The number of carbonyl (C=O) groups is 1. The first-order valence-corrected chi connectivity index (χ1v) is 4.46. The lowest BCUT2D eigenvalue weighted by molar-refractivity contribution is -0.169. The van der Waals surface area contributed by atoms with E-state index in [0.717, 1.165) is 0 Å². The van der Waals surface area contributed by atoms with Gasteiger partial charge in [-0.15, -0.1) is 0 Å². The van der Waals surface area contributed by atoms with Gasteiger partial charge in [-0.05, 0) is 18.8 Å². The molecule has 1 saturated carbocycles. The number of hydrogen-bond acceptors (Lipinski definition) is 2. The second-order valence-corrected chi connectivity index (χ2v) is 3.62. The number of carbonyl (C=O) groups excluding carboxylic acids is 1. The summed E-state index contributed by atoms with van der Waals surface area (Å²) in [6.45, 7) is -0.0990. The van der Waals surface area contributed by atoms with E-state index in [0.29, 0.717) is 12.8 Å². The topological polar surface area (TPSA) is 49.3 Å². The lowest BCUT2D eigenvalue weighted by Gasteiger charge is -2.31. The highest BCUT2D eigenvalue weighted by Crippen LogP contribution is 2.27. The van der Waals surface area contributed by atoms with E-state index in [1.807, 2.05) is 0 Å². The fourth-order valence-electron chi connectivity index (χ4n) is 1.32. The standard InChI is InChI=1S/C8H11F4NO2/c9-6(10)8(11,12)7(15)13-3-4-1-5(14)2-4/h4-6,14H,1-3H2,(H,13,15). The molecule has 1 amide bonds. The molecule has 1 aliphatic carbocycles. The molecule has 7 heteroatoms. The van der Waals surface area contributed by atoms with Crippen molar-refractivity contribution in [3.63, 3.8) is 0 Å². The van der Waals surface area contributed by atoms with Gasteiger partial charge in [0.2, 0.25) is 0 Å². The van der Waals surface area contributed by atoms with Crippen LogP contribution >= 0.6 is 0 Å². The molecular formula is C8H11F4NO2. The van der Waals surface area contributed by atoms with Crippen molar-refractivity contribution in [1.82, 2.24) is 5.32 Å². The fourth-order valence-corrected chi connectivity index (χ4v) is 1.32. The van der Waals surface area contributed by atoms with Gasteiger partial charge in [0.1, 0.15) is 0 Å². The van der Waals surface area contributed by atoms with Crippen molar-refractivity contribution in [2.75, 3.05) is 6.54 Å². The molecule has 0 bridgehead atoms. The van der Waals surface area contributed by atoms with Gasteiger partial charge in [0.25, 0.3) is 5.91 Å². The molecule has 0 aromatic heterocycles. The van der Waals surface area contributed by atoms with Crippen LogP contribution < -0.4 is 5.32 Å². The molecule has 1 fully saturated rings. The number of nitrogens with one attached hydrogen (secondary N) is 1. The average Bonchev–Trinajstić information content (AvgIpc) is 2.09. The van der Waals surface area contributed by atoms with E-state index in [-0.39, 0.29) is 12.5 Å². The van der Waals surface area contributed by atoms with Gasteiger partial charge < -0.3 is 10.4 Å². The smallest absolute Gasteiger partial charge is 0.383 e. The minimum absolute atomic E-state index is 0.0990. The number of amides is 1. The normalized spacial score (nSPS) is 26.3. The summed E-state index contributed by atoms with van der Waals surface area (Å²) >= 11 is 0. The highest BCUT2D eigenvalue weighted by Gasteiger charge is 2.49. The van der Waals surface area contributed by atoms with Crippen molar-refractivity contribution in [3.05, 3.63) is 0 Å². The molecule has 2 N–H and O–H groups in total. The average molecular weight is 229 g/mol. The van der Waals surface area contributed by atoms with Gasteiger partial charge in [-0.3, -0.25) is 4.79 Å². The maximum absolute atomic E-state index is 12.4. The molecular weight excluding hydrogens is 218 g/mol. The Hall–Kier alpha value is -0.850. The summed E-state index contributed by atoms with van der Waals surface area (Å²) in [5, 5.41) is 10.6. The zero-order valence-electron chi connectivity index (χ0n) is 7.72. The van der Waals surface area contributed by atoms with Gasteiger partial charge >= 0.3 is 12.3 Å². The quantitative estimate of drug-likeness (QED) is 0.700. The first-order chi connectivity index (χ1) is 6.84. The number of rotatable bonds is 4. The van der Waals surface area contributed by atoms with E-state index in [2.05, 4.69) is 0 Å². The molecule has 1 aliphatic rings. The van der Waals surface area contributed by atoms with Gasteiger partial charge in [0, 0.05) is 6.54 Å². The van der Waals surface area contributed by atoms with Crippen LogP contribution in [0.4, 0.5) is 17.6 Å².